The van der Waals surface area contributed by atoms with E-state index in [0.29, 0.717) is 23.4 Å². The number of nitrogens with one attached hydrogen (secondary N) is 1. The molecule has 33 heavy (non-hydrogen) atoms. The van der Waals surface area contributed by atoms with E-state index in [0.717, 1.165) is 49.8 Å². The van der Waals surface area contributed by atoms with Gasteiger partial charge in [-0.2, -0.15) is 5.10 Å². The summed E-state index contributed by atoms with van der Waals surface area (Å²) in [6, 6.07) is 15.0. The molecule has 0 spiro atoms. The molecule has 1 fully saturated rings. The summed E-state index contributed by atoms with van der Waals surface area (Å²) in [5, 5.41) is 7.34. The third-order valence-electron chi connectivity index (χ3n) is 5.64. The van der Waals surface area contributed by atoms with Crippen LogP contribution in [0.2, 0.25) is 0 Å². The molecule has 8 heteroatoms. The molecule has 0 atom stereocenters. The maximum Gasteiger partial charge on any atom is 0.341 e. The fourth-order valence-corrected chi connectivity index (χ4v) is 3.81. The van der Waals surface area contributed by atoms with E-state index in [1.807, 2.05) is 43.3 Å². The van der Waals surface area contributed by atoms with E-state index in [4.69, 9.17) is 9.47 Å². The third kappa shape index (κ3) is 5.30. The van der Waals surface area contributed by atoms with E-state index in [-0.39, 0.29) is 5.91 Å². The van der Waals surface area contributed by atoms with Crippen LogP contribution in [0.3, 0.4) is 0 Å². The number of nitrogens with zero attached hydrogens (tertiary/aromatic N) is 3. The molecule has 2 heterocycles. The maximum atomic E-state index is 12.9. The number of para-hydroxylation sites is 1. The van der Waals surface area contributed by atoms with Gasteiger partial charge in [0.05, 0.1) is 37.4 Å². The summed E-state index contributed by atoms with van der Waals surface area (Å²) in [4.78, 5) is 27.3. The Kier molecular flexibility index (Phi) is 7.16. The van der Waals surface area contributed by atoms with Gasteiger partial charge < -0.3 is 14.8 Å². The zero-order chi connectivity index (χ0) is 23.2. The average Bonchev–Trinajstić information content (AvgIpc) is 3.22. The summed E-state index contributed by atoms with van der Waals surface area (Å²) in [6.45, 7) is 7.88. The first-order valence-electron chi connectivity index (χ1n) is 11.1. The van der Waals surface area contributed by atoms with Gasteiger partial charge in [0.25, 0.3) is 5.91 Å². The number of benzene rings is 2. The molecule has 4 rings (SSSR count). The number of anilines is 1. The van der Waals surface area contributed by atoms with Gasteiger partial charge >= 0.3 is 5.97 Å². The van der Waals surface area contributed by atoms with E-state index in [1.165, 1.54) is 6.20 Å². The molecule has 0 radical (unpaired) electrons. The van der Waals surface area contributed by atoms with Crippen molar-refractivity contribution in [3.05, 3.63) is 77.1 Å². The zero-order valence-corrected chi connectivity index (χ0v) is 18.9. The van der Waals surface area contributed by atoms with E-state index in [9.17, 15) is 9.59 Å². The van der Waals surface area contributed by atoms with Crippen LogP contribution in [0.4, 0.5) is 5.69 Å². The van der Waals surface area contributed by atoms with Gasteiger partial charge in [0.2, 0.25) is 0 Å². The highest BCUT2D eigenvalue weighted by Crippen LogP contribution is 2.20. The van der Waals surface area contributed by atoms with Crippen molar-refractivity contribution < 1.29 is 19.1 Å². The number of esters is 1. The number of ether oxygens (including phenoxy) is 2. The predicted octanol–water partition coefficient (Wildman–Crippen LogP) is 3.44. The number of rotatable bonds is 7. The second-order valence-corrected chi connectivity index (χ2v) is 7.82. The molecule has 0 bridgehead atoms. The lowest BCUT2D eigenvalue weighted by atomic mass is 10.1. The summed E-state index contributed by atoms with van der Waals surface area (Å²) in [5.74, 6) is -0.576. The fraction of sp³-hybridized carbons (Fsp3) is 0.320. The van der Waals surface area contributed by atoms with Crippen LogP contribution in [-0.4, -0.2) is 59.5 Å². The molecule has 1 saturated heterocycles. The molecule has 172 valence electrons. The lowest BCUT2D eigenvalue weighted by Crippen LogP contribution is -2.35. The van der Waals surface area contributed by atoms with Crippen LogP contribution in [0.5, 0.6) is 0 Å². The Hall–Kier alpha value is -3.49. The van der Waals surface area contributed by atoms with Crippen molar-refractivity contribution in [1.29, 1.82) is 0 Å². The molecule has 1 N–H and O–H groups in total. The zero-order valence-electron chi connectivity index (χ0n) is 18.9. The Labute approximate surface area is 193 Å². The first-order chi connectivity index (χ1) is 16.1. The van der Waals surface area contributed by atoms with Gasteiger partial charge in [0.1, 0.15) is 5.56 Å². The largest absolute Gasteiger partial charge is 0.462 e. The van der Waals surface area contributed by atoms with Crippen molar-refractivity contribution in [2.45, 2.75) is 20.4 Å². The van der Waals surface area contributed by atoms with E-state index >= 15 is 0 Å². The van der Waals surface area contributed by atoms with Crippen molar-refractivity contribution in [3.8, 4) is 5.69 Å². The molecule has 0 unspecified atom stereocenters. The number of hydrogen-bond donors (Lipinski definition) is 1. The van der Waals surface area contributed by atoms with Crippen LogP contribution in [-0.2, 0) is 16.0 Å². The van der Waals surface area contributed by atoms with Gasteiger partial charge in [-0.15, -0.1) is 0 Å². The lowest BCUT2D eigenvalue weighted by Gasteiger charge is -2.27. The topological polar surface area (TPSA) is 85.7 Å². The van der Waals surface area contributed by atoms with Crippen molar-refractivity contribution in [2.24, 2.45) is 0 Å². The van der Waals surface area contributed by atoms with Crippen molar-refractivity contribution in [1.82, 2.24) is 14.7 Å². The predicted molar refractivity (Wildman–Crippen MR) is 125 cm³/mol. The van der Waals surface area contributed by atoms with Crippen LogP contribution in [0.1, 0.15) is 38.9 Å². The van der Waals surface area contributed by atoms with E-state index < -0.39 is 5.97 Å². The Morgan fingerprint density at radius 3 is 2.55 bits per heavy atom. The van der Waals surface area contributed by atoms with Gasteiger partial charge in [0, 0.05) is 30.9 Å². The van der Waals surface area contributed by atoms with Gasteiger partial charge in [-0.05, 0) is 49.7 Å². The maximum absolute atomic E-state index is 12.9. The Balaban J connectivity index is 1.46. The standard InChI is InChI=1S/C25H28N4O4/c1-3-33-25(31)22-16-26-29(18(22)2)21-10-8-19(9-11-21)24(30)27-23-7-5-4-6-20(23)17-28-12-14-32-15-13-28/h4-11,16H,3,12-15,17H2,1-2H3,(H,27,30). The second kappa shape index (κ2) is 10.4. The molecule has 8 nitrogen and oxygen atoms in total. The van der Waals surface area contributed by atoms with Crippen LogP contribution >= 0.6 is 0 Å². The number of hydrogen-bond acceptors (Lipinski definition) is 6. The molecular weight excluding hydrogens is 420 g/mol. The minimum absolute atomic E-state index is 0.180. The van der Waals surface area contributed by atoms with Crippen molar-refractivity contribution in [3.63, 3.8) is 0 Å². The first kappa shape index (κ1) is 22.7. The molecule has 1 aromatic heterocycles. The average molecular weight is 449 g/mol. The normalized spacial score (nSPS) is 14.1. The van der Waals surface area contributed by atoms with Crippen LogP contribution < -0.4 is 5.32 Å². The third-order valence-corrected chi connectivity index (χ3v) is 5.64. The van der Waals surface area contributed by atoms with Gasteiger partial charge in [0.15, 0.2) is 0 Å². The first-order valence-corrected chi connectivity index (χ1v) is 11.1. The lowest BCUT2D eigenvalue weighted by molar-refractivity contribution is 0.0342. The number of carbonyl (C=O) groups is 2. The molecule has 1 amide bonds. The van der Waals surface area contributed by atoms with Gasteiger partial charge in [-0.1, -0.05) is 18.2 Å². The Bertz CT molecular complexity index is 1120. The minimum atomic E-state index is -0.395. The highest BCUT2D eigenvalue weighted by Gasteiger charge is 2.17. The van der Waals surface area contributed by atoms with Crippen molar-refractivity contribution >= 4 is 17.6 Å². The monoisotopic (exact) mass is 448 g/mol. The molecule has 0 aliphatic carbocycles. The number of amides is 1. The Morgan fingerprint density at radius 1 is 1.09 bits per heavy atom. The smallest absolute Gasteiger partial charge is 0.341 e. The van der Waals surface area contributed by atoms with Crippen LogP contribution in [0.25, 0.3) is 5.69 Å². The summed E-state index contributed by atoms with van der Waals surface area (Å²) in [7, 11) is 0. The SMILES string of the molecule is CCOC(=O)c1cnn(-c2ccc(C(=O)Nc3ccccc3CN3CCOCC3)cc2)c1C. The number of carbonyl (C=O) groups excluding carboxylic acids is 2. The molecule has 1 aliphatic rings. The van der Waals surface area contributed by atoms with E-state index in [2.05, 4.69) is 15.3 Å². The Morgan fingerprint density at radius 2 is 1.82 bits per heavy atom. The highest BCUT2D eigenvalue weighted by atomic mass is 16.5. The van der Waals surface area contributed by atoms with Crippen LogP contribution in [0.15, 0.2) is 54.7 Å². The molecule has 2 aromatic carbocycles. The van der Waals surface area contributed by atoms with E-state index in [1.54, 1.807) is 23.7 Å². The highest BCUT2D eigenvalue weighted by molar-refractivity contribution is 6.04. The quantitative estimate of drug-likeness (QED) is 0.558. The van der Waals surface area contributed by atoms with Crippen LogP contribution in [0, 0.1) is 6.92 Å². The molecule has 0 saturated carbocycles. The van der Waals surface area contributed by atoms with Gasteiger partial charge in [-0.25, -0.2) is 9.48 Å². The summed E-state index contributed by atoms with van der Waals surface area (Å²) < 4.78 is 12.1. The minimum Gasteiger partial charge on any atom is -0.462 e. The van der Waals surface area contributed by atoms with Gasteiger partial charge in [-0.3, -0.25) is 9.69 Å². The molecular formula is C25H28N4O4. The number of aromatic nitrogens is 2. The summed E-state index contributed by atoms with van der Waals surface area (Å²) in [6.07, 6.45) is 1.50. The molecule has 1 aliphatic heterocycles. The summed E-state index contributed by atoms with van der Waals surface area (Å²) in [5.41, 5.74) is 4.28. The molecule has 3 aromatic rings. The summed E-state index contributed by atoms with van der Waals surface area (Å²) >= 11 is 0. The fourth-order valence-electron chi connectivity index (χ4n) is 3.81. The number of morpholine rings is 1. The second-order valence-electron chi connectivity index (χ2n) is 7.82. The van der Waals surface area contributed by atoms with Crippen molar-refractivity contribution in [2.75, 3.05) is 38.2 Å².